The summed E-state index contributed by atoms with van der Waals surface area (Å²) in [5.41, 5.74) is 1.18. The zero-order chi connectivity index (χ0) is 106. The number of thioether (sulfide) groups is 2. The van der Waals surface area contributed by atoms with E-state index in [9.17, 15) is 91.6 Å². The molecule has 0 aliphatic carbocycles. The van der Waals surface area contributed by atoms with Crippen LogP contribution >= 0.6 is 99.9 Å². The molecule has 0 heterocycles. The van der Waals surface area contributed by atoms with Crippen LogP contribution in [0.1, 0.15) is 214 Å². The van der Waals surface area contributed by atoms with Crippen LogP contribution in [0.4, 0.5) is 24.9 Å². The third-order valence-electron chi connectivity index (χ3n) is 19.4. The van der Waals surface area contributed by atoms with E-state index in [0.717, 1.165) is 107 Å². The zero-order valence-electron chi connectivity index (χ0n) is 83.7. The van der Waals surface area contributed by atoms with Crippen LogP contribution in [-0.4, -0.2) is 365 Å². The number of benzene rings is 1. The molecule has 1 rings (SSSR count). The van der Waals surface area contributed by atoms with Gasteiger partial charge in [-0.1, -0.05) is 155 Å². The van der Waals surface area contributed by atoms with E-state index in [0.29, 0.717) is 121 Å². The number of amides is 16. The number of unbranched alkanes of at least 4 members (excludes halogenated alkanes) is 12. The lowest BCUT2D eigenvalue weighted by Gasteiger charge is -2.23. The van der Waals surface area contributed by atoms with Gasteiger partial charge >= 0.3 is 30.3 Å². The Balaban J connectivity index is -0.00000119. The Labute approximate surface area is 893 Å². The fraction of sp³-hybridized carbons (Fsp3) is 0.753. The number of alkyl halides is 4. The lowest BCUT2D eigenvalue weighted by atomic mass is 10.2. The highest BCUT2D eigenvalue weighted by Gasteiger charge is 2.22. The SMILES string of the molecule is C.CCCN(CCC)C(=O)OCCOCCOC(=O)N(CCNC(=O)CCCCCNC(=O)CSCC)CCNC(=O)CCCCCNC(=O)CSCC.Cc1ccc([N+](=O)[O-])cc1.O=C(CBr)NCCCCCC(=O)NCCN(CCNC(=O)CCCCCNC(=O)CBr)C(=O)OCCOCCOC(=O)N(CCNC(=O)CCCCCNC(=O)CBr)CCNC(=O)CCCCCNC(=O)CBr.O=C(O)CCS. The van der Waals surface area contributed by atoms with Crippen LogP contribution < -0.4 is 63.8 Å². The highest BCUT2D eigenvalue weighted by Crippen LogP contribution is 2.12. The monoisotopic (exact) mass is 2350 g/mol. The van der Waals surface area contributed by atoms with E-state index in [1.165, 1.54) is 26.8 Å². The number of nitrogens with one attached hydrogen (secondary N) is 12. The van der Waals surface area contributed by atoms with Crippen LogP contribution in [0.2, 0.25) is 0 Å². The summed E-state index contributed by atoms with van der Waals surface area (Å²) in [5.74, 6) is 1.02. The molecule has 0 aliphatic heterocycles. The lowest BCUT2D eigenvalue weighted by Crippen LogP contribution is -2.43. The van der Waals surface area contributed by atoms with Gasteiger partial charge in [0, 0.05) is 187 Å². The van der Waals surface area contributed by atoms with Crippen molar-refractivity contribution in [2.75, 3.05) is 234 Å². The van der Waals surface area contributed by atoms with Gasteiger partial charge in [0.25, 0.3) is 5.69 Å². The van der Waals surface area contributed by atoms with E-state index in [1.54, 1.807) is 40.6 Å². The van der Waals surface area contributed by atoms with Crippen molar-refractivity contribution in [3.05, 3.63) is 39.9 Å². The number of nitrogens with zero attached hydrogens (tertiary/aromatic N) is 5. The lowest BCUT2D eigenvalue weighted by molar-refractivity contribution is -0.384. The van der Waals surface area contributed by atoms with E-state index in [1.807, 2.05) is 34.6 Å². The Kier molecular flexibility index (Phi) is 101. The van der Waals surface area contributed by atoms with E-state index >= 15 is 0 Å². The number of non-ortho nitro benzene ring substituents is 1. The number of aliphatic carboxylic acids is 1. The summed E-state index contributed by atoms with van der Waals surface area (Å²) >= 11 is 19.2. The number of carbonyl (C=O) groups is 17. The average Bonchev–Trinajstić information content (AvgIpc) is 0.921. The van der Waals surface area contributed by atoms with Gasteiger partial charge in [0.05, 0.1) is 70.6 Å². The van der Waals surface area contributed by atoms with Gasteiger partial charge < -0.3 is 117 Å². The second-order valence-electron chi connectivity index (χ2n) is 31.5. The maximum Gasteiger partial charge on any atom is 0.409 e. The molecule has 0 aromatic heterocycles. The van der Waals surface area contributed by atoms with Crippen LogP contribution in [0.5, 0.6) is 0 Å². The number of nitro benzene ring substituents is 1. The van der Waals surface area contributed by atoms with Gasteiger partial charge in [-0.2, -0.15) is 36.2 Å². The summed E-state index contributed by atoms with van der Waals surface area (Å²) in [6.45, 7) is 16.3. The summed E-state index contributed by atoms with van der Waals surface area (Å²) in [6, 6.07) is 6.43. The van der Waals surface area contributed by atoms with Crippen LogP contribution in [0, 0.1) is 17.0 Å². The molecule has 143 heavy (non-hydrogen) atoms. The van der Waals surface area contributed by atoms with Crippen molar-refractivity contribution < 1.29 is 120 Å². The Morgan fingerprint density at radius 1 is 0.322 bits per heavy atom. The highest BCUT2D eigenvalue weighted by atomic mass is 79.9. The number of rotatable bonds is 83. The number of nitro groups is 1. The number of carbonyl (C=O) groups excluding carboxylic acids is 16. The number of thiol groups is 1. The second kappa shape index (κ2) is 102. The van der Waals surface area contributed by atoms with Crippen LogP contribution in [0.25, 0.3) is 0 Å². The summed E-state index contributed by atoms with van der Waals surface area (Å²) < 4.78 is 32.5. The topological polar surface area (TPSA) is 566 Å². The first-order chi connectivity index (χ1) is 68.4. The molecule has 824 valence electrons. The molecule has 50 heteroatoms. The summed E-state index contributed by atoms with van der Waals surface area (Å²) in [6.07, 6.45) is 14.4. The van der Waals surface area contributed by atoms with Crippen LogP contribution in [0.15, 0.2) is 24.3 Å². The fourth-order valence-electron chi connectivity index (χ4n) is 11.9. The van der Waals surface area contributed by atoms with E-state index < -0.39 is 29.2 Å². The fourth-order valence-corrected chi connectivity index (χ4v) is 13.9. The molecular formula is C93H165Br4N17O26S3. The summed E-state index contributed by atoms with van der Waals surface area (Å²) in [7, 11) is 0. The first kappa shape index (κ1) is 141. The predicted molar refractivity (Wildman–Crippen MR) is 573 cm³/mol. The number of carboxylic acid groups (broad SMARTS) is 1. The van der Waals surface area contributed by atoms with Crippen molar-refractivity contribution >= 4 is 207 Å². The number of halogens is 4. The van der Waals surface area contributed by atoms with Gasteiger partial charge in [0.15, 0.2) is 0 Å². The molecular weight excluding hydrogens is 2190 g/mol. The molecule has 0 unspecified atom stereocenters. The first-order valence-corrected chi connectivity index (χ1v) is 56.3. The minimum absolute atomic E-state index is 0. The van der Waals surface area contributed by atoms with Crippen LogP contribution in [0.3, 0.4) is 0 Å². The second-order valence-corrected chi connectivity index (χ2v) is 36.7. The smallest absolute Gasteiger partial charge is 0.409 e. The van der Waals surface area contributed by atoms with E-state index in [-0.39, 0.29) is 275 Å². The maximum atomic E-state index is 13.1. The standard InChI is InChI=1S/C46H80Br4N10O13.C36H68N6O9S2.C7H7NO2.C3H6O2S.CH4/c47-33-41(65)51-17-9-1-5-13-37(61)55-21-25-59(26-22-56-38(62)14-6-2-10-18-52-42(66)34-48)45(69)72-31-29-71-30-32-73-46(70)60(27-23-57-39(63)15-7-3-11-19-53-43(67)35-49)28-24-58-40(64)16-8-4-12-20-54-44(68)36-50;1-5-21-41(22-6-2)35(47)50-27-25-49-26-28-51-36(48)42(23-19-39-31(43)15-11-9-13-17-37-33(45)29-52-7-3)24-20-40-32(44)16-12-10-14-18-38-34(46)30-53-8-4;1-6-2-4-7(5-3-6)8(9)10;4-3(5)1-2-6;/h1-36H2,(H,51,65)(H,52,66)(H,53,67)(H,54,68)(H,55,61)(H,56,62)(H,57,63)(H,58,64);5-30H2,1-4H3,(H,37,45)(H,38,46)(H,39,43)(H,40,44);2-5H,1H3;6H,1-2H2,(H,4,5);1H4. The predicted octanol–water partition coefficient (Wildman–Crippen LogP) is 9.35. The van der Waals surface area contributed by atoms with Crippen molar-refractivity contribution in [1.29, 1.82) is 0 Å². The molecule has 0 spiro atoms. The molecule has 1 aromatic rings. The van der Waals surface area contributed by atoms with E-state index in [2.05, 4.69) is 140 Å². The Morgan fingerprint density at radius 2 is 0.538 bits per heavy atom. The van der Waals surface area contributed by atoms with Crippen LogP contribution in [-0.2, 0) is 90.8 Å². The normalized spacial score (nSPS) is 10.3. The van der Waals surface area contributed by atoms with E-state index in [4.69, 9.17) is 33.5 Å². The molecule has 0 aliphatic rings. The molecule has 13 N–H and O–H groups in total. The largest absolute Gasteiger partial charge is 0.481 e. The highest BCUT2D eigenvalue weighted by molar-refractivity contribution is 9.10. The molecule has 0 bridgehead atoms. The van der Waals surface area contributed by atoms with Gasteiger partial charge in [-0.05, 0) is 108 Å². The Hall–Kier alpha value is -8.30. The van der Waals surface area contributed by atoms with Crippen molar-refractivity contribution in [2.45, 2.75) is 215 Å². The molecule has 0 fully saturated rings. The Bertz CT molecular complexity index is 3380. The maximum absolute atomic E-state index is 13.1. The van der Waals surface area contributed by atoms with Gasteiger partial charge in [0.1, 0.15) is 26.4 Å². The number of aryl methyl sites for hydroxylation is 1. The summed E-state index contributed by atoms with van der Waals surface area (Å²) in [5, 5.41) is 52.6. The third kappa shape index (κ3) is 94.4. The number of hydrogen-bond donors (Lipinski definition) is 14. The van der Waals surface area contributed by atoms with Gasteiger partial charge in [-0.3, -0.25) is 72.4 Å². The van der Waals surface area contributed by atoms with Gasteiger partial charge in [-0.25, -0.2) is 19.2 Å². The third-order valence-corrected chi connectivity index (χ3v) is 23.4. The number of ether oxygens (including phenoxy) is 6. The number of hydrogen-bond acceptors (Lipinski definition) is 28. The van der Waals surface area contributed by atoms with Crippen molar-refractivity contribution in [3.8, 4) is 0 Å². The number of carboxylic acids is 1. The average molecular weight is 2350 g/mol. The molecule has 0 saturated heterocycles. The van der Waals surface area contributed by atoms with Crippen molar-refractivity contribution in [2.24, 2.45) is 0 Å². The zero-order valence-corrected chi connectivity index (χ0v) is 92.6. The molecule has 0 atom stereocenters. The Morgan fingerprint density at radius 3 is 0.727 bits per heavy atom. The van der Waals surface area contributed by atoms with Crippen molar-refractivity contribution in [1.82, 2.24) is 83.4 Å². The van der Waals surface area contributed by atoms with Crippen molar-refractivity contribution in [3.63, 3.8) is 0 Å². The van der Waals surface area contributed by atoms with Gasteiger partial charge in [-0.15, -0.1) is 0 Å². The minimum Gasteiger partial charge on any atom is -0.481 e. The molecule has 43 nitrogen and oxygen atoms in total. The molecule has 0 saturated carbocycles. The molecule has 1 aromatic carbocycles. The molecule has 16 amide bonds. The molecule has 0 radical (unpaired) electrons. The first-order valence-electron chi connectivity index (χ1n) is 48.9. The summed E-state index contributed by atoms with van der Waals surface area (Å²) in [4.78, 5) is 220. The van der Waals surface area contributed by atoms with Gasteiger partial charge in [0.2, 0.25) is 70.9 Å². The minimum atomic E-state index is -0.787. The quantitative estimate of drug-likeness (QED) is 0.00720.